The molecular formula is C18H22FNO. The third-order valence-corrected chi connectivity index (χ3v) is 3.71. The van der Waals surface area contributed by atoms with Gasteiger partial charge in [0, 0.05) is 11.7 Å². The van der Waals surface area contributed by atoms with E-state index in [1.807, 2.05) is 13.0 Å². The van der Waals surface area contributed by atoms with Gasteiger partial charge in [0.15, 0.2) is 11.6 Å². The van der Waals surface area contributed by atoms with Gasteiger partial charge in [0.25, 0.3) is 0 Å². The van der Waals surface area contributed by atoms with Crippen molar-refractivity contribution in [1.82, 2.24) is 0 Å². The van der Waals surface area contributed by atoms with Crippen LogP contribution in [0.2, 0.25) is 0 Å². The quantitative estimate of drug-likeness (QED) is 0.860. The van der Waals surface area contributed by atoms with Crippen molar-refractivity contribution in [1.29, 1.82) is 0 Å². The van der Waals surface area contributed by atoms with E-state index in [0.717, 1.165) is 11.3 Å². The minimum atomic E-state index is -0.332. The van der Waals surface area contributed by atoms with Crippen LogP contribution in [0.15, 0.2) is 30.3 Å². The van der Waals surface area contributed by atoms with Gasteiger partial charge in [-0.1, -0.05) is 23.8 Å². The van der Waals surface area contributed by atoms with Crippen LogP contribution in [0, 0.1) is 26.6 Å². The number of halogens is 1. The SMILES string of the molecule is COc1ccc(C(C)Nc2c(C)cc(C)cc2C)cc1F. The Balaban J connectivity index is 2.26. The number of hydrogen-bond donors (Lipinski definition) is 1. The summed E-state index contributed by atoms with van der Waals surface area (Å²) >= 11 is 0. The molecule has 2 aromatic rings. The van der Waals surface area contributed by atoms with Crippen molar-refractivity contribution in [2.75, 3.05) is 12.4 Å². The average molecular weight is 287 g/mol. The molecule has 0 bridgehead atoms. The molecule has 1 N–H and O–H groups in total. The van der Waals surface area contributed by atoms with Crippen LogP contribution in [0.5, 0.6) is 5.75 Å². The molecule has 0 aliphatic rings. The van der Waals surface area contributed by atoms with Crippen molar-refractivity contribution in [2.24, 2.45) is 0 Å². The third-order valence-electron chi connectivity index (χ3n) is 3.71. The zero-order valence-corrected chi connectivity index (χ0v) is 13.3. The van der Waals surface area contributed by atoms with Gasteiger partial charge in [-0.2, -0.15) is 0 Å². The zero-order chi connectivity index (χ0) is 15.6. The van der Waals surface area contributed by atoms with Crippen LogP contribution in [0.3, 0.4) is 0 Å². The van der Waals surface area contributed by atoms with E-state index in [0.29, 0.717) is 0 Å². The highest BCUT2D eigenvalue weighted by molar-refractivity contribution is 5.59. The van der Waals surface area contributed by atoms with Crippen molar-refractivity contribution in [3.8, 4) is 5.75 Å². The molecule has 1 unspecified atom stereocenters. The maximum atomic E-state index is 13.8. The standard InChI is InChI=1S/C18H22FNO/c1-11-8-12(2)18(13(3)9-11)20-14(4)15-6-7-17(21-5)16(19)10-15/h6-10,14,20H,1-5H3. The van der Waals surface area contributed by atoms with Crippen LogP contribution in [0.25, 0.3) is 0 Å². The molecule has 2 aromatic carbocycles. The highest BCUT2D eigenvalue weighted by Crippen LogP contribution is 2.28. The smallest absolute Gasteiger partial charge is 0.165 e. The molecule has 0 spiro atoms. The molecular weight excluding hydrogens is 265 g/mol. The Labute approximate surface area is 126 Å². The largest absolute Gasteiger partial charge is 0.494 e. The Morgan fingerprint density at radius 2 is 1.67 bits per heavy atom. The monoisotopic (exact) mass is 287 g/mol. The minimum absolute atomic E-state index is 0.0190. The highest BCUT2D eigenvalue weighted by Gasteiger charge is 2.12. The van der Waals surface area contributed by atoms with Crippen molar-refractivity contribution >= 4 is 5.69 Å². The molecule has 21 heavy (non-hydrogen) atoms. The van der Waals surface area contributed by atoms with Gasteiger partial charge in [-0.05, 0) is 56.5 Å². The summed E-state index contributed by atoms with van der Waals surface area (Å²) in [5.74, 6) is -0.0605. The lowest BCUT2D eigenvalue weighted by Gasteiger charge is -2.20. The number of anilines is 1. The van der Waals surface area contributed by atoms with Crippen LogP contribution < -0.4 is 10.1 Å². The third kappa shape index (κ3) is 3.35. The Bertz CT molecular complexity index is 629. The molecule has 2 nitrogen and oxygen atoms in total. The van der Waals surface area contributed by atoms with Gasteiger partial charge in [-0.15, -0.1) is 0 Å². The molecule has 2 rings (SSSR count). The topological polar surface area (TPSA) is 21.3 Å². The van der Waals surface area contributed by atoms with Crippen molar-refractivity contribution in [2.45, 2.75) is 33.7 Å². The number of rotatable bonds is 4. The lowest BCUT2D eigenvalue weighted by molar-refractivity contribution is 0.386. The van der Waals surface area contributed by atoms with Gasteiger partial charge in [0.1, 0.15) is 0 Å². The fraction of sp³-hybridized carbons (Fsp3) is 0.333. The summed E-state index contributed by atoms with van der Waals surface area (Å²) in [7, 11) is 1.47. The summed E-state index contributed by atoms with van der Waals surface area (Å²) in [6.45, 7) is 8.29. The first-order valence-electron chi connectivity index (χ1n) is 7.10. The van der Waals surface area contributed by atoms with Crippen LogP contribution in [-0.2, 0) is 0 Å². The van der Waals surface area contributed by atoms with Gasteiger partial charge >= 0.3 is 0 Å². The molecule has 0 saturated heterocycles. The number of hydrogen-bond acceptors (Lipinski definition) is 2. The van der Waals surface area contributed by atoms with E-state index in [1.165, 1.54) is 29.9 Å². The molecule has 112 valence electrons. The number of ether oxygens (including phenoxy) is 1. The molecule has 1 atom stereocenters. The lowest BCUT2D eigenvalue weighted by atomic mass is 10.0. The van der Waals surface area contributed by atoms with E-state index >= 15 is 0 Å². The van der Waals surface area contributed by atoms with Crippen molar-refractivity contribution in [3.05, 3.63) is 58.4 Å². The van der Waals surface area contributed by atoms with Gasteiger partial charge in [0.05, 0.1) is 7.11 Å². The summed E-state index contributed by atoms with van der Waals surface area (Å²) in [5, 5.41) is 3.48. The molecule has 0 aliphatic heterocycles. The molecule has 0 aromatic heterocycles. The van der Waals surface area contributed by atoms with Crippen LogP contribution in [0.4, 0.5) is 10.1 Å². The second-order valence-electron chi connectivity index (χ2n) is 5.53. The average Bonchev–Trinajstić information content (AvgIpc) is 2.42. The Morgan fingerprint density at radius 3 is 2.19 bits per heavy atom. The highest BCUT2D eigenvalue weighted by atomic mass is 19.1. The molecule has 0 heterocycles. The zero-order valence-electron chi connectivity index (χ0n) is 13.3. The van der Waals surface area contributed by atoms with E-state index in [1.54, 1.807) is 6.07 Å². The summed E-state index contributed by atoms with van der Waals surface area (Å²) in [5.41, 5.74) is 5.66. The van der Waals surface area contributed by atoms with Gasteiger partial charge in [-0.3, -0.25) is 0 Å². The van der Waals surface area contributed by atoms with Gasteiger partial charge in [-0.25, -0.2) is 4.39 Å². The predicted octanol–water partition coefficient (Wildman–Crippen LogP) is 4.93. The maximum Gasteiger partial charge on any atom is 0.165 e. The molecule has 0 saturated carbocycles. The van der Waals surface area contributed by atoms with E-state index in [-0.39, 0.29) is 17.6 Å². The molecule has 3 heteroatoms. The molecule has 0 amide bonds. The number of benzene rings is 2. The van der Waals surface area contributed by atoms with Gasteiger partial charge < -0.3 is 10.1 Å². The van der Waals surface area contributed by atoms with E-state index < -0.39 is 0 Å². The first-order valence-corrected chi connectivity index (χ1v) is 7.10. The van der Waals surface area contributed by atoms with E-state index in [4.69, 9.17) is 4.74 Å². The maximum absolute atomic E-state index is 13.8. The minimum Gasteiger partial charge on any atom is -0.494 e. The molecule has 0 fully saturated rings. The summed E-state index contributed by atoms with van der Waals surface area (Å²) < 4.78 is 18.8. The number of methoxy groups -OCH3 is 1. The molecule has 0 radical (unpaired) electrons. The number of aryl methyl sites for hydroxylation is 3. The summed E-state index contributed by atoms with van der Waals surface area (Å²) in [6.07, 6.45) is 0. The summed E-state index contributed by atoms with van der Waals surface area (Å²) in [6, 6.07) is 9.39. The normalized spacial score (nSPS) is 12.1. The fourth-order valence-corrected chi connectivity index (χ4v) is 2.66. The second kappa shape index (κ2) is 6.17. The first kappa shape index (κ1) is 15.4. The Morgan fingerprint density at radius 1 is 1.05 bits per heavy atom. The Kier molecular flexibility index (Phi) is 4.51. The van der Waals surface area contributed by atoms with Gasteiger partial charge in [0.2, 0.25) is 0 Å². The Hall–Kier alpha value is -2.03. The van der Waals surface area contributed by atoms with Crippen LogP contribution in [-0.4, -0.2) is 7.11 Å². The fourth-order valence-electron chi connectivity index (χ4n) is 2.66. The molecule has 0 aliphatic carbocycles. The first-order chi connectivity index (χ1) is 9.92. The predicted molar refractivity (Wildman–Crippen MR) is 85.6 cm³/mol. The van der Waals surface area contributed by atoms with Crippen molar-refractivity contribution < 1.29 is 9.13 Å². The van der Waals surface area contributed by atoms with Crippen LogP contribution in [0.1, 0.15) is 35.2 Å². The second-order valence-corrected chi connectivity index (χ2v) is 5.53. The van der Waals surface area contributed by atoms with Crippen molar-refractivity contribution in [3.63, 3.8) is 0 Å². The summed E-state index contributed by atoms with van der Waals surface area (Å²) in [4.78, 5) is 0. The van der Waals surface area contributed by atoms with Crippen LogP contribution >= 0.6 is 0 Å². The van der Waals surface area contributed by atoms with E-state index in [9.17, 15) is 4.39 Å². The van der Waals surface area contributed by atoms with E-state index in [2.05, 4.69) is 38.2 Å². The number of nitrogens with one attached hydrogen (secondary N) is 1. The lowest BCUT2D eigenvalue weighted by Crippen LogP contribution is -2.09.